The van der Waals surface area contributed by atoms with Crippen LogP contribution in [0, 0.1) is 0 Å². The van der Waals surface area contributed by atoms with Gasteiger partial charge in [-0.25, -0.2) is 0 Å². The molecule has 20 heavy (non-hydrogen) atoms. The molecule has 1 unspecified atom stereocenters. The first kappa shape index (κ1) is 16.8. The van der Waals surface area contributed by atoms with E-state index in [0.717, 1.165) is 31.7 Å². The standard InChI is InChI=1S/C15H25NO4/c1-4-20-9-5-8-16-11-14(17)13-10-12(18-2)6-7-15(13)19-3/h6-7,10,14,16-17H,4-5,8-9,11H2,1-3H3. The summed E-state index contributed by atoms with van der Waals surface area (Å²) in [5.41, 5.74) is 0.726. The Morgan fingerprint density at radius 3 is 2.70 bits per heavy atom. The Morgan fingerprint density at radius 1 is 1.25 bits per heavy atom. The Bertz CT molecular complexity index is 384. The van der Waals surface area contributed by atoms with Gasteiger partial charge in [0.1, 0.15) is 11.5 Å². The number of rotatable bonds is 10. The van der Waals surface area contributed by atoms with E-state index in [1.165, 1.54) is 0 Å². The van der Waals surface area contributed by atoms with Crippen LogP contribution in [-0.4, -0.2) is 45.6 Å². The molecule has 0 aromatic heterocycles. The SMILES string of the molecule is CCOCCCNCC(O)c1cc(OC)ccc1OC. The number of hydrogen-bond acceptors (Lipinski definition) is 5. The molecule has 1 atom stereocenters. The minimum absolute atomic E-state index is 0.468. The van der Waals surface area contributed by atoms with Crippen LogP contribution in [0.25, 0.3) is 0 Å². The Morgan fingerprint density at radius 2 is 2.05 bits per heavy atom. The van der Waals surface area contributed by atoms with Gasteiger partial charge >= 0.3 is 0 Å². The van der Waals surface area contributed by atoms with Crippen molar-refractivity contribution in [2.45, 2.75) is 19.4 Å². The van der Waals surface area contributed by atoms with E-state index in [4.69, 9.17) is 14.2 Å². The van der Waals surface area contributed by atoms with Crippen LogP contribution in [0.15, 0.2) is 18.2 Å². The van der Waals surface area contributed by atoms with Crippen LogP contribution >= 0.6 is 0 Å². The van der Waals surface area contributed by atoms with Crippen LogP contribution in [0.2, 0.25) is 0 Å². The van der Waals surface area contributed by atoms with E-state index in [1.807, 2.05) is 13.0 Å². The third kappa shape index (κ3) is 5.36. The molecule has 0 fully saturated rings. The summed E-state index contributed by atoms with van der Waals surface area (Å²) in [6, 6.07) is 5.41. The first-order chi connectivity index (χ1) is 9.72. The van der Waals surface area contributed by atoms with Gasteiger partial charge in [0.2, 0.25) is 0 Å². The van der Waals surface area contributed by atoms with Crippen molar-refractivity contribution >= 4 is 0 Å². The molecule has 0 saturated heterocycles. The average Bonchev–Trinajstić information content (AvgIpc) is 2.49. The normalized spacial score (nSPS) is 12.2. The van der Waals surface area contributed by atoms with Crippen LogP contribution in [-0.2, 0) is 4.74 Å². The van der Waals surface area contributed by atoms with Gasteiger partial charge in [-0.3, -0.25) is 0 Å². The van der Waals surface area contributed by atoms with Crippen LogP contribution in [0.1, 0.15) is 25.0 Å². The maximum atomic E-state index is 10.2. The molecule has 0 aliphatic carbocycles. The molecule has 0 heterocycles. The van der Waals surface area contributed by atoms with Gasteiger partial charge in [0.25, 0.3) is 0 Å². The summed E-state index contributed by atoms with van der Waals surface area (Å²) in [6.07, 6.45) is 0.294. The lowest BCUT2D eigenvalue weighted by atomic mass is 10.1. The molecule has 1 aromatic carbocycles. The second-order valence-electron chi connectivity index (χ2n) is 4.38. The van der Waals surface area contributed by atoms with E-state index >= 15 is 0 Å². The van der Waals surface area contributed by atoms with Gasteiger partial charge in [0, 0.05) is 25.3 Å². The van der Waals surface area contributed by atoms with Gasteiger partial charge in [-0.1, -0.05) is 0 Å². The number of methoxy groups -OCH3 is 2. The molecular formula is C15H25NO4. The summed E-state index contributed by atoms with van der Waals surface area (Å²) < 4.78 is 15.7. The molecule has 0 spiro atoms. The van der Waals surface area contributed by atoms with Crippen LogP contribution in [0.5, 0.6) is 11.5 Å². The number of benzene rings is 1. The van der Waals surface area contributed by atoms with Crippen LogP contribution in [0.4, 0.5) is 0 Å². The quantitative estimate of drug-likeness (QED) is 0.641. The molecule has 0 amide bonds. The smallest absolute Gasteiger partial charge is 0.124 e. The zero-order valence-corrected chi connectivity index (χ0v) is 12.5. The Kier molecular flexibility index (Phi) is 8.02. The first-order valence-electron chi connectivity index (χ1n) is 6.91. The second kappa shape index (κ2) is 9.58. The van der Waals surface area contributed by atoms with Gasteiger partial charge in [0.15, 0.2) is 0 Å². The van der Waals surface area contributed by atoms with Gasteiger partial charge < -0.3 is 24.6 Å². The second-order valence-corrected chi connectivity index (χ2v) is 4.38. The molecule has 5 heteroatoms. The fourth-order valence-corrected chi connectivity index (χ4v) is 1.89. The van der Waals surface area contributed by atoms with E-state index in [2.05, 4.69) is 5.32 Å². The predicted octanol–water partition coefficient (Wildman–Crippen LogP) is 1.75. The molecule has 5 nitrogen and oxygen atoms in total. The zero-order valence-electron chi connectivity index (χ0n) is 12.5. The van der Waals surface area contributed by atoms with Crippen molar-refractivity contribution in [2.75, 3.05) is 40.5 Å². The maximum Gasteiger partial charge on any atom is 0.124 e. The van der Waals surface area contributed by atoms with Gasteiger partial charge in [0.05, 0.1) is 20.3 Å². The molecule has 2 N–H and O–H groups in total. The fourth-order valence-electron chi connectivity index (χ4n) is 1.89. The largest absolute Gasteiger partial charge is 0.497 e. The molecular weight excluding hydrogens is 258 g/mol. The highest BCUT2D eigenvalue weighted by molar-refractivity contribution is 5.41. The number of aliphatic hydroxyl groups excluding tert-OH is 1. The van der Waals surface area contributed by atoms with Gasteiger partial charge in [-0.2, -0.15) is 0 Å². The summed E-state index contributed by atoms with van der Waals surface area (Å²) in [6.45, 7) is 4.73. The summed E-state index contributed by atoms with van der Waals surface area (Å²) in [5, 5.41) is 13.4. The summed E-state index contributed by atoms with van der Waals surface area (Å²) in [4.78, 5) is 0. The molecule has 0 aliphatic rings. The molecule has 114 valence electrons. The molecule has 1 aromatic rings. The van der Waals surface area contributed by atoms with Gasteiger partial charge in [-0.15, -0.1) is 0 Å². The van der Waals surface area contributed by atoms with E-state index < -0.39 is 6.10 Å². The molecule has 0 aliphatic heterocycles. The van der Waals surface area contributed by atoms with E-state index in [0.29, 0.717) is 18.0 Å². The highest BCUT2D eigenvalue weighted by Gasteiger charge is 2.14. The van der Waals surface area contributed by atoms with Crippen molar-refractivity contribution in [3.8, 4) is 11.5 Å². The van der Waals surface area contributed by atoms with Crippen LogP contribution in [0.3, 0.4) is 0 Å². The molecule has 1 rings (SSSR count). The third-order valence-electron chi connectivity index (χ3n) is 2.98. The Balaban J connectivity index is 2.47. The average molecular weight is 283 g/mol. The number of nitrogens with one attached hydrogen (secondary N) is 1. The van der Waals surface area contributed by atoms with Gasteiger partial charge in [-0.05, 0) is 38.1 Å². The lowest BCUT2D eigenvalue weighted by Crippen LogP contribution is -2.23. The van der Waals surface area contributed by atoms with Crippen molar-refractivity contribution in [3.63, 3.8) is 0 Å². The minimum atomic E-state index is -0.632. The van der Waals surface area contributed by atoms with Crippen molar-refractivity contribution in [2.24, 2.45) is 0 Å². The highest BCUT2D eigenvalue weighted by atomic mass is 16.5. The number of aliphatic hydroxyl groups is 1. The Labute approximate surface area is 120 Å². The minimum Gasteiger partial charge on any atom is -0.497 e. The Hall–Kier alpha value is -1.30. The zero-order chi connectivity index (χ0) is 14.8. The highest BCUT2D eigenvalue weighted by Crippen LogP contribution is 2.28. The van der Waals surface area contributed by atoms with Crippen molar-refractivity contribution < 1.29 is 19.3 Å². The molecule has 0 saturated carbocycles. The van der Waals surface area contributed by atoms with Crippen molar-refractivity contribution in [1.82, 2.24) is 5.32 Å². The molecule has 0 radical (unpaired) electrons. The van der Waals surface area contributed by atoms with Crippen molar-refractivity contribution in [3.05, 3.63) is 23.8 Å². The predicted molar refractivity (Wildman–Crippen MR) is 78.5 cm³/mol. The summed E-state index contributed by atoms with van der Waals surface area (Å²) >= 11 is 0. The lowest BCUT2D eigenvalue weighted by Gasteiger charge is -2.16. The van der Waals surface area contributed by atoms with E-state index in [1.54, 1.807) is 26.4 Å². The van der Waals surface area contributed by atoms with Crippen LogP contribution < -0.4 is 14.8 Å². The first-order valence-corrected chi connectivity index (χ1v) is 6.91. The van der Waals surface area contributed by atoms with E-state index in [9.17, 15) is 5.11 Å². The fraction of sp³-hybridized carbons (Fsp3) is 0.600. The topological polar surface area (TPSA) is 60.0 Å². The number of ether oxygens (including phenoxy) is 3. The maximum absolute atomic E-state index is 10.2. The monoisotopic (exact) mass is 283 g/mol. The lowest BCUT2D eigenvalue weighted by molar-refractivity contribution is 0.140. The molecule has 0 bridgehead atoms. The van der Waals surface area contributed by atoms with E-state index in [-0.39, 0.29) is 0 Å². The third-order valence-corrected chi connectivity index (χ3v) is 2.98. The summed E-state index contributed by atoms with van der Waals surface area (Å²) in [5.74, 6) is 1.37. The number of hydrogen-bond donors (Lipinski definition) is 2. The van der Waals surface area contributed by atoms with Crippen molar-refractivity contribution in [1.29, 1.82) is 0 Å². The summed E-state index contributed by atoms with van der Waals surface area (Å²) in [7, 11) is 3.19.